The van der Waals surface area contributed by atoms with E-state index < -0.39 is 11.7 Å². The van der Waals surface area contributed by atoms with Gasteiger partial charge in [-0.3, -0.25) is 9.36 Å². The number of ether oxygens (including phenoxy) is 1. The third-order valence-corrected chi connectivity index (χ3v) is 3.68. The van der Waals surface area contributed by atoms with E-state index >= 15 is 0 Å². The molecule has 0 spiro atoms. The van der Waals surface area contributed by atoms with E-state index in [1.54, 1.807) is 0 Å². The van der Waals surface area contributed by atoms with E-state index in [9.17, 15) is 9.59 Å². The number of esters is 1. The van der Waals surface area contributed by atoms with Crippen LogP contribution in [0.5, 0.6) is 0 Å². The van der Waals surface area contributed by atoms with Crippen LogP contribution in [-0.2, 0) is 16.1 Å². The van der Waals surface area contributed by atoms with E-state index in [2.05, 4.69) is 25.0 Å². The summed E-state index contributed by atoms with van der Waals surface area (Å²) >= 11 is 5.98. The Morgan fingerprint density at radius 3 is 2.77 bits per heavy atom. The predicted octanol–water partition coefficient (Wildman–Crippen LogP) is -0.644. The molecule has 22 heavy (non-hydrogen) atoms. The summed E-state index contributed by atoms with van der Waals surface area (Å²) in [6.07, 6.45) is 0. The molecule has 1 aliphatic rings. The van der Waals surface area contributed by atoms with Gasteiger partial charge in [-0.15, -0.1) is 0 Å². The number of halogens is 1. The van der Waals surface area contributed by atoms with E-state index in [1.165, 1.54) is 11.7 Å². The fourth-order valence-corrected chi connectivity index (χ4v) is 2.60. The monoisotopic (exact) mass is 326 g/mol. The molecule has 0 unspecified atom stereocenters. The largest absolute Gasteiger partial charge is 0.468 e. The minimum absolute atomic E-state index is 0.0265. The predicted molar refractivity (Wildman–Crippen MR) is 80.3 cm³/mol. The van der Waals surface area contributed by atoms with Gasteiger partial charge >= 0.3 is 11.7 Å². The second-order valence-corrected chi connectivity index (χ2v) is 5.18. The Labute approximate surface area is 130 Å². The van der Waals surface area contributed by atoms with E-state index in [1.807, 2.05) is 4.90 Å². The summed E-state index contributed by atoms with van der Waals surface area (Å²) < 4.78 is 5.79. The van der Waals surface area contributed by atoms with Gasteiger partial charge in [0, 0.05) is 26.2 Å². The van der Waals surface area contributed by atoms with E-state index in [0.29, 0.717) is 17.0 Å². The second kappa shape index (κ2) is 5.93. The van der Waals surface area contributed by atoms with Crippen LogP contribution in [0.25, 0.3) is 11.2 Å². The van der Waals surface area contributed by atoms with Crippen molar-refractivity contribution in [2.75, 3.05) is 38.2 Å². The standard InChI is InChI=1S/C12H15ClN6O3/c1-22-7(20)6-19-10-8(15-12(19)21)9(16-11(13)17-10)18-4-2-14-3-5-18/h14H,2-6H2,1H3,(H,15,21). The molecular weight excluding hydrogens is 312 g/mol. The van der Waals surface area contributed by atoms with E-state index in [-0.39, 0.29) is 11.8 Å². The van der Waals surface area contributed by atoms with Crippen molar-refractivity contribution < 1.29 is 9.53 Å². The lowest BCUT2D eigenvalue weighted by molar-refractivity contribution is -0.141. The first-order valence-corrected chi connectivity index (χ1v) is 7.16. The number of anilines is 1. The Hall–Kier alpha value is -2.13. The average molecular weight is 327 g/mol. The quantitative estimate of drug-likeness (QED) is 0.570. The number of hydrogen-bond acceptors (Lipinski definition) is 7. The molecule has 2 N–H and O–H groups in total. The molecule has 0 aromatic carbocycles. The zero-order valence-corrected chi connectivity index (χ0v) is 12.7. The van der Waals surface area contributed by atoms with Crippen LogP contribution >= 0.6 is 11.6 Å². The summed E-state index contributed by atoms with van der Waals surface area (Å²) in [5.74, 6) is 0.0265. The van der Waals surface area contributed by atoms with Crippen molar-refractivity contribution in [3.8, 4) is 0 Å². The van der Waals surface area contributed by atoms with Gasteiger partial charge in [0.05, 0.1) is 7.11 Å². The lowest BCUT2D eigenvalue weighted by Crippen LogP contribution is -2.44. The van der Waals surface area contributed by atoms with Crippen molar-refractivity contribution in [3.63, 3.8) is 0 Å². The SMILES string of the molecule is COC(=O)Cn1c(=O)[nH]c2c(N3CCNCC3)nc(Cl)nc21. The van der Waals surface area contributed by atoms with Crippen molar-refractivity contribution in [3.05, 3.63) is 15.8 Å². The first-order valence-electron chi connectivity index (χ1n) is 6.78. The first-order chi connectivity index (χ1) is 10.6. The molecule has 2 aromatic heterocycles. The van der Waals surface area contributed by atoms with Crippen LogP contribution in [0.3, 0.4) is 0 Å². The van der Waals surface area contributed by atoms with Crippen LogP contribution in [0.4, 0.5) is 5.82 Å². The van der Waals surface area contributed by atoms with Gasteiger partial charge in [-0.1, -0.05) is 0 Å². The molecular formula is C12H15ClN6O3. The third kappa shape index (κ3) is 2.64. The Morgan fingerprint density at radius 2 is 2.09 bits per heavy atom. The molecule has 3 rings (SSSR count). The van der Waals surface area contributed by atoms with Gasteiger partial charge in [-0.25, -0.2) is 4.79 Å². The molecule has 2 aromatic rings. The van der Waals surface area contributed by atoms with Crippen molar-refractivity contribution in [1.82, 2.24) is 24.8 Å². The normalized spacial score (nSPS) is 15.3. The van der Waals surface area contributed by atoms with Crippen LogP contribution in [0.15, 0.2) is 4.79 Å². The summed E-state index contributed by atoms with van der Waals surface area (Å²) in [4.78, 5) is 36.6. The number of piperazine rings is 1. The fraction of sp³-hybridized carbons (Fsp3) is 0.500. The molecule has 9 nitrogen and oxygen atoms in total. The minimum Gasteiger partial charge on any atom is -0.468 e. The van der Waals surface area contributed by atoms with Gasteiger partial charge in [0.25, 0.3) is 0 Å². The molecule has 0 saturated carbocycles. The number of hydrogen-bond donors (Lipinski definition) is 2. The second-order valence-electron chi connectivity index (χ2n) is 4.84. The Morgan fingerprint density at radius 1 is 1.36 bits per heavy atom. The minimum atomic E-state index is -0.540. The number of nitrogens with one attached hydrogen (secondary N) is 2. The number of fused-ring (bicyclic) bond motifs is 1. The zero-order valence-electron chi connectivity index (χ0n) is 11.9. The highest BCUT2D eigenvalue weighted by Gasteiger charge is 2.21. The molecule has 0 bridgehead atoms. The molecule has 1 fully saturated rings. The molecule has 3 heterocycles. The van der Waals surface area contributed by atoms with E-state index in [0.717, 1.165) is 26.2 Å². The summed E-state index contributed by atoms with van der Waals surface area (Å²) in [5, 5.41) is 3.27. The van der Waals surface area contributed by atoms with Crippen LogP contribution < -0.4 is 15.9 Å². The maximum Gasteiger partial charge on any atom is 0.328 e. The van der Waals surface area contributed by atoms with Gasteiger partial charge in [0.2, 0.25) is 5.28 Å². The lowest BCUT2D eigenvalue weighted by atomic mass is 10.3. The number of carbonyl (C=O) groups excluding carboxylic acids is 1. The lowest BCUT2D eigenvalue weighted by Gasteiger charge is -2.28. The molecule has 0 amide bonds. The molecule has 10 heteroatoms. The number of methoxy groups -OCH3 is 1. The zero-order chi connectivity index (χ0) is 15.7. The van der Waals surface area contributed by atoms with Crippen molar-refractivity contribution in [1.29, 1.82) is 0 Å². The van der Waals surface area contributed by atoms with E-state index in [4.69, 9.17) is 11.6 Å². The van der Waals surface area contributed by atoms with Crippen LogP contribution in [-0.4, -0.2) is 58.8 Å². The topological polar surface area (TPSA) is 105 Å². The number of H-pyrrole nitrogens is 1. The van der Waals surface area contributed by atoms with Crippen LogP contribution in [0.2, 0.25) is 5.28 Å². The third-order valence-electron chi connectivity index (χ3n) is 3.51. The van der Waals surface area contributed by atoms with Gasteiger partial charge < -0.3 is 19.9 Å². The summed E-state index contributed by atoms with van der Waals surface area (Å²) in [7, 11) is 1.26. The maximum atomic E-state index is 12.1. The fourth-order valence-electron chi connectivity index (χ4n) is 2.44. The number of aromatic nitrogens is 4. The van der Waals surface area contributed by atoms with Gasteiger partial charge in [0.1, 0.15) is 12.1 Å². The number of rotatable bonds is 3. The molecule has 0 aliphatic carbocycles. The number of aromatic amines is 1. The van der Waals surface area contributed by atoms with Crippen molar-refractivity contribution in [2.24, 2.45) is 0 Å². The molecule has 0 radical (unpaired) electrons. The molecule has 118 valence electrons. The van der Waals surface area contributed by atoms with Crippen LogP contribution in [0, 0.1) is 0 Å². The Kier molecular flexibility index (Phi) is 3.99. The van der Waals surface area contributed by atoms with Gasteiger partial charge in [0.15, 0.2) is 11.5 Å². The number of nitrogens with zero attached hydrogens (tertiary/aromatic N) is 4. The molecule has 0 atom stereocenters. The average Bonchev–Trinajstić information content (AvgIpc) is 2.83. The van der Waals surface area contributed by atoms with Crippen molar-refractivity contribution in [2.45, 2.75) is 6.54 Å². The van der Waals surface area contributed by atoms with Gasteiger partial charge in [-0.05, 0) is 11.6 Å². The molecule has 1 aliphatic heterocycles. The number of imidazole rings is 1. The van der Waals surface area contributed by atoms with Gasteiger partial charge in [-0.2, -0.15) is 9.97 Å². The van der Waals surface area contributed by atoms with Crippen LogP contribution in [0.1, 0.15) is 0 Å². The maximum absolute atomic E-state index is 12.1. The van der Waals surface area contributed by atoms with Crippen molar-refractivity contribution >= 4 is 34.6 Å². The summed E-state index contributed by atoms with van der Waals surface area (Å²) in [5.41, 5.74) is 0.317. The summed E-state index contributed by atoms with van der Waals surface area (Å²) in [6.45, 7) is 2.88. The smallest absolute Gasteiger partial charge is 0.328 e. The summed E-state index contributed by atoms with van der Waals surface area (Å²) in [6, 6.07) is 0. The highest BCUT2D eigenvalue weighted by atomic mass is 35.5. The molecule has 1 saturated heterocycles. The highest BCUT2D eigenvalue weighted by molar-refractivity contribution is 6.28. The number of carbonyl (C=O) groups is 1. The first kappa shape index (κ1) is 14.8. The Bertz CT molecular complexity index is 764. The highest BCUT2D eigenvalue weighted by Crippen LogP contribution is 2.23. The Balaban J connectivity index is 2.12.